The van der Waals surface area contributed by atoms with E-state index in [-0.39, 0.29) is 11.5 Å². The zero-order valence-electron chi connectivity index (χ0n) is 14.8. The molecule has 2 aliphatic carbocycles. The van der Waals surface area contributed by atoms with Crippen molar-refractivity contribution in [1.82, 2.24) is 5.32 Å². The van der Waals surface area contributed by atoms with Crippen LogP contribution in [0.15, 0.2) is 0 Å². The molecule has 2 saturated carbocycles. The van der Waals surface area contributed by atoms with Gasteiger partial charge in [-0.2, -0.15) is 0 Å². The van der Waals surface area contributed by atoms with E-state index in [0.717, 1.165) is 12.8 Å². The molecule has 0 bridgehead atoms. The molecule has 3 nitrogen and oxygen atoms in total. The Morgan fingerprint density at radius 1 is 1.30 bits per heavy atom. The molecule has 0 radical (unpaired) electrons. The van der Waals surface area contributed by atoms with Crippen molar-refractivity contribution >= 4 is 6.09 Å². The predicted octanol–water partition coefficient (Wildman–Crippen LogP) is 4.85. The number of carbonyl (C=O) groups is 1. The van der Waals surface area contributed by atoms with E-state index in [9.17, 15) is 13.6 Å². The fourth-order valence-electron chi connectivity index (χ4n) is 5.00. The smallest absolute Gasteiger partial charge is 0.407 e. The summed E-state index contributed by atoms with van der Waals surface area (Å²) in [5.41, 5.74) is 0.205. The molecule has 0 spiro atoms. The van der Waals surface area contributed by atoms with E-state index in [1.165, 1.54) is 19.3 Å². The second kappa shape index (κ2) is 7.35. The van der Waals surface area contributed by atoms with E-state index in [4.69, 9.17) is 4.74 Å². The van der Waals surface area contributed by atoms with E-state index >= 15 is 0 Å². The van der Waals surface area contributed by atoms with Gasteiger partial charge in [-0.3, -0.25) is 0 Å². The summed E-state index contributed by atoms with van der Waals surface area (Å²) in [6, 6.07) is 0. The van der Waals surface area contributed by atoms with Gasteiger partial charge in [-0.05, 0) is 42.4 Å². The van der Waals surface area contributed by atoms with Crippen molar-refractivity contribution < 1.29 is 18.3 Å². The molecule has 2 rings (SSSR count). The number of carbonyl (C=O) groups excluding carboxylic acids is 1. The number of nitrogens with one attached hydrogen (secondary N) is 1. The van der Waals surface area contributed by atoms with Crippen molar-refractivity contribution in [2.75, 3.05) is 6.54 Å². The number of alkyl carbamates (subject to hydrolysis) is 1. The molecule has 2 aliphatic rings. The third kappa shape index (κ3) is 4.16. The molecule has 5 heteroatoms. The molecule has 0 saturated heterocycles. The van der Waals surface area contributed by atoms with Gasteiger partial charge in [0.2, 0.25) is 0 Å². The van der Waals surface area contributed by atoms with Crippen LogP contribution >= 0.6 is 0 Å². The van der Waals surface area contributed by atoms with Gasteiger partial charge in [0.1, 0.15) is 6.10 Å². The maximum atomic E-state index is 12.3. The molecule has 0 heterocycles. The maximum absolute atomic E-state index is 12.3. The van der Waals surface area contributed by atoms with Gasteiger partial charge in [0.05, 0.1) is 6.54 Å². The minimum absolute atomic E-state index is 0.165. The molecule has 0 aromatic carbocycles. The van der Waals surface area contributed by atoms with Crippen molar-refractivity contribution in [2.24, 2.45) is 29.1 Å². The largest absolute Gasteiger partial charge is 0.446 e. The average Bonchev–Trinajstić information content (AvgIpc) is 2.44. The number of alkyl halides is 2. The third-order valence-electron chi connectivity index (χ3n) is 6.15. The normalized spacial score (nSPS) is 37.6. The molecule has 0 unspecified atom stereocenters. The summed E-state index contributed by atoms with van der Waals surface area (Å²) in [5, 5.41) is 2.20. The summed E-state index contributed by atoms with van der Waals surface area (Å²) in [4.78, 5) is 12.0. The van der Waals surface area contributed by atoms with E-state index in [0.29, 0.717) is 23.7 Å². The van der Waals surface area contributed by atoms with Crippen molar-refractivity contribution in [1.29, 1.82) is 0 Å². The SMILES string of the molecule is CC(C)[C@@H]1CC[C@@]2(C)CCC[C@H](C)[C@@H]2[C@H]1OC(=O)NCC(F)F. The Hall–Kier alpha value is -0.870. The molecule has 0 aliphatic heterocycles. The number of ether oxygens (including phenoxy) is 1. The third-order valence-corrected chi connectivity index (χ3v) is 6.15. The lowest BCUT2D eigenvalue weighted by molar-refractivity contribution is -0.115. The first-order valence-electron chi connectivity index (χ1n) is 8.97. The zero-order valence-corrected chi connectivity index (χ0v) is 14.8. The van der Waals surface area contributed by atoms with E-state index in [1.54, 1.807) is 0 Å². The number of hydrogen-bond acceptors (Lipinski definition) is 2. The summed E-state index contributed by atoms with van der Waals surface area (Å²) in [6.07, 6.45) is 2.37. The number of hydrogen-bond donors (Lipinski definition) is 1. The Labute approximate surface area is 138 Å². The van der Waals surface area contributed by atoms with Gasteiger partial charge < -0.3 is 10.1 Å². The Morgan fingerprint density at radius 2 is 2.00 bits per heavy atom. The fraction of sp³-hybridized carbons (Fsp3) is 0.944. The lowest BCUT2D eigenvalue weighted by Gasteiger charge is -2.54. The zero-order chi connectivity index (χ0) is 17.2. The topological polar surface area (TPSA) is 38.3 Å². The van der Waals surface area contributed by atoms with Crippen molar-refractivity contribution in [3.8, 4) is 0 Å². The molecule has 1 N–H and O–H groups in total. The Bertz CT molecular complexity index is 416. The summed E-state index contributed by atoms with van der Waals surface area (Å²) in [6.45, 7) is 8.24. The number of rotatable bonds is 4. The molecule has 2 fully saturated rings. The first kappa shape index (κ1) is 18.5. The van der Waals surface area contributed by atoms with Crippen LogP contribution in [-0.4, -0.2) is 25.2 Å². The van der Waals surface area contributed by atoms with Crippen molar-refractivity contribution in [3.63, 3.8) is 0 Å². The van der Waals surface area contributed by atoms with Crippen molar-refractivity contribution in [2.45, 2.75) is 72.3 Å². The van der Waals surface area contributed by atoms with Crippen LogP contribution in [0.4, 0.5) is 13.6 Å². The predicted molar refractivity (Wildman–Crippen MR) is 86.4 cm³/mol. The van der Waals surface area contributed by atoms with Crippen LogP contribution in [0, 0.1) is 29.1 Å². The van der Waals surface area contributed by atoms with Gasteiger partial charge in [-0.15, -0.1) is 0 Å². The summed E-state index contributed by atoms with van der Waals surface area (Å²) >= 11 is 0. The van der Waals surface area contributed by atoms with E-state index in [1.807, 2.05) is 0 Å². The van der Waals surface area contributed by atoms with Crippen molar-refractivity contribution in [3.05, 3.63) is 0 Å². The number of halogens is 2. The lowest BCUT2D eigenvalue weighted by Crippen LogP contribution is -2.53. The molecular weight excluding hydrogens is 300 g/mol. The van der Waals surface area contributed by atoms with Gasteiger partial charge in [0, 0.05) is 5.92 Å². The molecule has 134 valence electrons. The van der Waals surface area contributed by atoms with Crippen LogP contribution in [0.1, 0.15) is 59.8 Å². The monoisotopic (exact) mass is 331 g/mol. The van der Waals surface area contributed by atoms with Crippen LogP contribution in [0.3, 0.4) is 0 Å². The maximum Gasteiger partial charge on any atom is 0.407 e. The van der Waals surface area contributed by atoms with Crippen LogP contribution in [-0.2, 0) is 4.74 Å². The van der Waals surface area contributed by atoms with Gasteiger partial charge in [-0.25, -0.2) is 13.6 Å². The Kier molecular flexibility index (Phi) is 5.90. The first-order chi connectivity index (χ1) is 10.7. The van der Waals surface area contributed by atoms with E-state index in [2.05, 4.69) is 33.0 Å². The van der Waals surface area contributed by atoms with Gasteiger partial charge in [0.25, 0.3) is 6.43 Å². The second-order valence-corrected chi connectivity index (χ2v) is 8.14. The fourth-order valence-corrected chi connectivity index (χ4v) is 5.00. The first-order valence-corrected chi connectivity index (χ1v) is 8.97. The second-order valence-electron chi connectivity index (χ2n) is 8.14. The molecular formula is C18H31F2NO2. The average molecular weight is 331 g/mol. The summed E-state index contributed by atoms with van der Waals surface area (Å²) in [5.74, 6) is 1.56. The molecule has 0 aromatic heterocycles. The van der Waals surface area contributed by atoms with Crippen LogP contribution < -0.4 is 5.32 Å². The highest BCUT2D eigenvalue weighted by molar-refractivity contribution is 5.67. The van der Waals surface area contributed by atoms with Gasteiger partial charge >= 0.3 is 6.09 Å². The minimum atomic E-state index is -2.55. The van der Waals surface area contributed by atoms with Gasteiger partial charge in [-0.1, -0.05) is 40.5 Å². The van der Waals surface area contributed by atoms with E-state index < -0.39 is 19.1 Å². The molecule has 23 heavy (non-hydrogen) atoms. The number of fused-ring (bicyclic) bond motifs is 1. The van der Waals surface area contributed by atoms with Gasteiger partial charge in [0.15, 0.2) is 0 Å². The molecule has 0 aromatic rings. The standard InChI is InChI=1S/C18H31F2NO2/c1-11(2)13-7-9-18(4)8-5-6-12(3)15(18)16(13)23-17(22)21-10-14(19)20/h11-16H,5-10H2,1-4H3,(H,21,22)/t12-,13-,15+,16-,18+/m0/s1. The lowest BCUT2D eigenvalue weighted by atomic mass is 9.53. The summed E-state index contributed by atoms with van der Waals surface area (Å²) < 4.78 is 30.3. The molecule has 1 amide bonds. The number of amides is 1. The summed E-state index contributed by atoms with van der Waals surface area (Å²) in [7, 11) is 0. The highest BCUT2D eigenvalue weighted by Gasteiger charge is 2.52. The Balaban J connectivity index is 2.16. The Morgan fingerprint density at radius 3 is 2.61 bits per heavy atom. The minimum Gasteiger partial charge on any atom is -0.446 e. The molecule has 5 atom stereocenters. The highest BCUT2D eigenvalue weighted by Crippen LogP contribution is 2.55. The van der Waals surface area contributed by atoms with Crippen LogP contribution in [0.2, 0.25) is 0 Å². The highest BCUT2D eigenvalue weighted by atomic mass is 19.3. The quantitative estimate of drug-likeness (QED) is 0.799. The van der Waals surface area contributed by atoms with Crippen LogP contribution in [0.25, 0.3) is 0 Å². The van der Waals surface area contributed by atoms with Crippen LogP contribution in [0.5, 0.6) is 0 Å².